The van der Waals surface area contributed by atoms with Crippen LogP contribution in [0.5, 0.6) is 0 Å². The zero-order valence-electron chi connectivity index (χ0n) is 11.1. The summed E-state index contributed by atoms with van der Waals surface area (Å²) in [4.78, 5) is 11.8. The van der Waals surface area contributed by atoms with E-state index in [1.165, 1.54) is 19.3 Å². The van der Waals surface area contributed by atoms with Gasteiger partial charge in [-0.3, -0.25) is 9.48 Å². The van der Waals surface area contributed by atoms with Crippen LogP contribution in [0.3, 0.4) is 0 Å². The summed E-state index contributed by atoms with van der Waals surface area (Å²) in [6.45, 7) is 2.22. The molecule has 0 radical (unpaired) electrons. The summed E-state index contributed by atoms with van der Waals surface area (Å²) in [6, 6.07) is 0.338. The third kappa shape index (κ3) is 3.45. The Hall–Kier alpha value is -1.58. The van der Waals surface area contributed by atoms with Gasteiger partial charge in [0.25, 0.3) is 0 Å². The average Bonchev–Trinajstić information content (AvgIpc) is 2.76. The van der Waals surface area contributed by atoms with Crippen molar-refractivity contribution in [3.63, 3.8) is 0 Å². The number of carbonyl (C=O) groups is 1. The Labute approximate surface area is 108 Å². The van der Waals surface area contributed by atoms with E-state index in [1.54, 1.807) is 23.0 Å². The number of carbonyl (C=O) groups excluding carboxylic acids is 1. The highest BCUT2D eigenvalue weighted by Gasteiger charge is 2.21. The molecule has 1 fully saturated rings. The van der Waals surface area contributed by atoms with E-state index < -0.39 is 0 Å². The van der Waals surface area contributed by atoms with Crippen LogP contribution in [0.1, 0.15) is 38.2 Å². The zero-order valence-corrected chi connectivity index (χ0v) is 11.1. The summed E-state index contributed by atoms with van der Waals surface area (Å²) in [6.07, 6.45) is 11.9. The molecule has 1 saturated carbocycles. The molecule has 0 spiro atoms. The van der Waals surface area contributed by atoms with Gasteiger partial charge in [-0.25, -0.2) is 0 Å². The molecule has 0 saturated heterocycles. The number of rotatable bonds is 3. The standard InChI is InChI=1S/C14H21N3O/c1-11-5-3-4-6-13(11)16-14(18)8-7-12-9-15-17(2)10-12/h7-11,13H,3-6H2,1-2H3,(H,16,18). The first-order valence-electron chi connectivity index (χ1n) is 6.62. The second-order valence-corrected chi connectivity index (χ2v) is 5.16. The molecule has 1 heterocycles. The minimum atomic E-state index is -0.00222. The quantitative estimate of drug-likeness (QED) is 0.832. The minimum absolute atomic E-state index is 0.00222. The molecule has 0 aromatic carbocycles. The van der Waals surface area contributed by atoms with Crippen LogP contribution in [0.25, 0.3) is 6.08 Å². The van der Waals surface area contributed by atoms with Crippen molar-refractivity contribution < 1.29 is 4.79 Å². The molecule has 1 aliphatic rings. The predicted octanol–water partition coefficient (Wildman–Crippen LogP) is 2.13. The van der Waals surface area contributed by atoms with Crippen molar-refractivity contribution in [2.24, 2.45) is 13.0 Å². The fraction of sp³-hybridized carbons (Fsp3) is 0.571. The van der Waals surface area contributed by atoms with Crippen LogP contribution in [0.4, 0.5) is 0 Å². The first-order valence-corrected chi connectivity index (χ1v) is 6.62. The van der Waals surface area contributed by atoms with Gasteiger partial charge in [0.1, 0.15) is 0 Å². The fourth-order valence-corrected chi connectivity index (χ4v) is 2.46. The van der Waals surface area contributed by atoms with Gasteiger partial charge in [-0.1, -0.05) is 19.8 Å². The molecule has 1 aliphatic carbocycles. The summed E-state index contributed by atoms with van der Waals surface area (Å²) in [5, 5.41) is 7.15. The molecule has 18 heavy (non-hydrogen) atoms. The Kier molecular flexibility index (Phi) is 4.18. The van der Waals surface area contributed by atoms with Gasteiger partial charge in [0.15, 0.2) is 0 Å². The lowest BCUT2D eigenvalue weighted by Gasteiger charge is -2.29. The molecule has 4 heteroatoms. The summed E-state index contributed by atoms with van der Waals surface area (Å²) in [7, 11) is 1.86. The SMILES string of the molecule is CC1CCCCC1NC(=O)C=Cc1cnn(C)c1. The van der Waals surface area contributed by atoms with Crippen LogP contribution in [-0.4, -0.2) is 21.7 Å². The van der Waals surface area contributed by atoms with Gasteiger partial charge in [0.2, 0.25) is 5.91 Å². The van der Waals surface area contributed by atoms with Crippen LogP contribution in [0.2, 0.25) is 0 Å². The maximum atomic E-state index is 11.8. The highest BCUT2D eigenvalue weighted by atomic mass is 16.1. The highest BCUT2D eigenvalue weighted by molar-refractivity contribution is 5.91. The smallest absolute Gasteiger partial charge is 0.244 e. The van der Waals surface area contributed by atoms with Crippen LogP contribution in [-0.2, 0) is 11.8 Å². The van der Waals surface area contributed by atoms with Crippen LogP contribution < -0.4 is 5.32 Å². The summed E-state index contributed by atoms with van der Waals surface area (Å²) < 4.78 is 1.72. The van der Waals surface area contributed by atoms with E-state index >= 15 is 0 Å². The Morgan fingerprint density at radius 3 is 2.94 bits per heavy atom. The van der Waals surface area contributed by atoms with Gasteiger partial charge >= 0.3 is 0 Å². The van der Waals surface area contributed by atoms with Crippen LogP contribution in [0.15, 0.2) is 18.5 Å². The third-order valence-corrected chi connectivity index (χ3v) is 3.59. The minimum Gasteiger partial charge on any atom is -0.350 e. The molecule has 2 rings (SSSR count). The van der Waals surface area contributed by atoms with Crippen LogP contribution >= 0.6 is 0 Å². The van der Waals surface area contributed by atoms with Crippen molar-refractivity contribution in [3.05, 3.63) is 24.0 Å². The molecular formula is C14H21N3O. The molecule has 4 nitrogen and oxygen atoms in total. The largest absolute Gasteiger partial charge is 0.350 e. The van der Waals surface area contributed by atoms with E-state index in [2.05, 4.69) is 17.3 Å². The molecule has 2 unspecified atom stereocenters. The Balaban J connectivity index is 1.86. The maximum absolute atomic E-state index is 11.8. The number of amides is 1. The topological polar surface area (TPSA) is 46.9 Å². The van der Waals surface area contributed by atoms with Crippen molar-refractivity contribution in [2.45, 2.75) is 38.6 Å². The van der Waals surface area contributed by atoms with Crippen molar-refractivity contribution in [1.29, 1.82) is 0 Å². The normalized spacial score (nSPS) is 24.3. The van der Waals surface area contributed by atoms with E-state index in [0.29, 0.717) is 12.0 Å². The van der Waals surface area contributed by atoms with E-state index in [9.17, 15) is 4.79 Å². The summed E-state index contributed by atoms with van der Waals surface area (Å²) in [5.74, 6) is 0.590. The van der Waals surface area contributed by atoms with Crippen molar-refractivity contribution in [3.8, 4) is 0 Å². The first-order chi connectivity index (χ1) is 8.65. The highest BCUT2D eigenvalue weighted by Crippen LogP contribution is 2.23. The van der Waals surface area contributed by atoms with E-state index in [1.807, 2.05) is 13.2 Å². The van der Waals surface area contributed by atoms with Gasteiger partial charge in [0, 0.05) is 30.9 Å². The zero-order chi connectivity index (χ0) is 13.0. The van der Waals surface area contributed by atoms with Gasteiger partial charge in [-0.2, -0.15) is 5.10 Å². The Morgan fingerprint density at radius 2 is 2.28 bits per heavy atom. The number of aromatic nitrogens is 2. The lowest BCUT2D eigenvalue weighted by molar-refractivity contribution is -0.117. The molecule has 0 bridgehead atoms. The number of nitrogens with one attached hydrogen (secondary N) is 1. The third-order valence-electron chi connectivity index (χ3n) is 3.59. The van der Waals surface area contributed by atoms with Gasteiger partial charge in [-0.15, -0.1) is 0 Å². The number of aryl methyl sites for hydroxylation is 1. The molecule has 0 aliphatic heterocycles. The number of nitrogens with zero attached hydrogens (tertiary/aromatic N) is 2. The Bertz CT molecular complexity index is 436. The van der Waals surface area contributed by atoms with E-state index in [4.69, 9.17) is 0 Å². The average molecular weight is 247 g/mol. The second-order valence-electron chi connectivity index (χ2n) is 5.16. The molecule has 1 aromatic heterocycles. The molecule has 1 N–H and O–H groups in total. The molecule has 1 amide bonds. The van der Waals surface area contributed by atoms with Crippen molar-refractivity contribution in [1.82, 2.24) is 15.1 Å². The fourth-order valence-electron chi connectivity index (χ4n) is 2.46. The van der Waals surface area contributed by atoms with E-state index in [-0.39, 0.29) is 5.91 Å². The number of hydrogen-bond acceptors (Lipinski definition) is 2. The molecule has 98 valence electrons. The van der Waals surface area contributed by atoms with Crippen molar-refractivity contribution >= 4 is 12.0 Å². The van der Waals surface area contributed by atoms with E-state index in [0.717, 1.165) is 12.0 Å². The predicted molar refractivity (Wildman–Crippen MR) is 71.8 cm³/mol. The maximum Gasteiger partial charge on any atom is 0.244 e. The lowest BCUT2D eigenvalue weighted by Crippen LogP contribution is -2.40. The second kappa shape index (κ2) is 5.85. The molecular weight excluding hydrogens is 226 g/mol. The molecule has 1 aromatic rings. The Morgan fingerprint density at radius 1 is 1.50 bits per heavy atom. The van der Waals surface area contributed by atoms with Gasteiger partial charge < -0.3 is 5.32 Å². The van der Waals surface area contributed by atoms with Crippen molar-refractivity contribution in [2.75, 3.05) is 0 Å². The lowest BCUT2D eigenvalue weighted by atomic mass is 9.86. The summed E-state index contributed by atoms with van der Waals surface area (Å²) >= 11 is 0. The molecule has 2 atom stereocenters. The number of hydrogen-bond donors (Lipinski definition) is 1. The first kappa shape index (κ1) is 12.9. The summed E-state index contributed by atoms with van der Waals surface area (Å²) in [5.41, 5.74) is 0.948. The monoisotopic (exact) mass is 247 g/mol. The van der Waals surface area contributed by atoms with Gasteiger partial charge in [0.05, 0.1) is 6.20 Å². The van der Waals surface area contributed by atoms with Crippen LogP contribution in [0, 0.1) is 5.92 Å². The van der Waals surface area contributed by atoms with Gasteiger partial charge in [-0.05, 0) is 24.8 Å².